The lowest BCUT2D eigenvalue weighted by atomic mass is 9.85. The van der Waals surface area contributed by atoms with Crippen LogP contribution in [0.2, 0.25) is 0 Å². The van der Waals surface area contributed by atoms with Gasteiger partial charge in [0.1, 0.15) is 5.78 Å². The molecule has 0 aliphatic heterocycles. The molecule has 0 bridgehead atoms. The van der Waals surface area contributed by atoms with Crippen molar-refractivity contribution in [2.75, 3.05) is 7.11 Å². The quantitative estimate of drug-likeness (QED) is 0.331. The summed E-state index contributed by atoms with van der Waals surface area (Å²) in [5, 5.41) is 10.3. The SMILES string of the molecule is COC(=O)C=CCCCC[C@H]1C(=O)CC[C@@H]1CCC(O)CC1CCCC1. The minimum atomic E-state index is -0.313. The average Bonchev–Trinajstić information content (AvgIpc) is 3.26. The number of methoxy groups -OCH3 is 1. The topological polar surface area (TPSA) is 63.6 Å². The van der Waals surface area contributed by atoms with Crippen LogP contribution in [0.1, 0.15) is 83.5 Å². The molecular formula is C22H36O4. The van der Waals surface area contributed by atoms with E-state index in [0.717, 1.165) is 63.7 Å². The van der Waals surface area contributed by atoms with E-state index in [2.05, 4.69) is 4.74 Å². The van der Waals surface area contributed by atoms with Crippen molar-refractivity contribution in [2.24, 2.45) is 17.8 Å². The van der Waals surface area contributed by atoms with Crippen molar-refractivity contribution in [1.82, 2.24) is 0 Å². The highest BCUT2D eigenvalue weighted by molar-refractivity contribution is 5.83. The Kier molecular flexibility index (Phi) is 9.38. The van der Waals surface area contributed by atoms with Crippen molar-refractivity contribution in [2.45, 2.75) is 89.6 Å². The largest absolute Gasteiger partial charge is 0.466 e. The monoisotopic (exact) mass is 364 g/mol. The van der Waals surface area contributed by atoms with Crippen LogP contribution >= 0.6 is 0 Å². The maximum Gasteiger partial charge on any atom is 0.330 e. The van der Waals surface area contributed by atoms with Crippen LogP contribution < -0.4 is 0 Å². The van der Waals surface area contributed by atoms with Crippen LogP contribution in [-0.4, -0.2) is 30.1 Å². The molecule has 0 saturated heterocycles. The highest BCUT2D eigenvalue weighted by Gasteiger charge is 2.34. The van der Waals surface area contributed by atoms with E-state index in [1.807, 2.05) is 6.08 Å². The molecule has 2 aliphatic carbocycles. The number of carbonyl (C=O) groups excluding carboxylic acids is 2. The molecule has 0 aromatic rings. The highest BCUT2D eigenvalue weighted by atomic mass is 16.5. The van der Waals surface area contributed by atoms with Gasteiger partial charge in [-0.15, -0.1) is 0 Å². The molecule has 26 heavy (non-hydrogen) atoms. The summed E-state index contributed by atoms with van der Waals surface area (Å²) in [6.45, 7) is 0. The van der Waals surface area contributed by atoms with Crippen molar-refractivity contribution in [3.05, 3.63) is 12.2 Å². The van der Waals surface area contributed by atoms with E-state index in [4.69, 9.17) is 0 Å². The molecule has 0 aromatic carbocycles. The van der Waals surface area contributed by atoms with Gasteiger partial charge in [0.2, 0.25) is 0 Å². The molecule has 2 fully saturated rings. The summed E-state index contributed by atoms with van der Waals surface area (Å²) in [6, 6.07) is 0. The molecule has 0 spiro atoms. The van der Waals surface area contributed by atoms with Crippen molar-refractivity contribution in [3.8, 4) is 0 Å². The van der Waals surface area contributed by atoms with Crippen LogP contribution in [0.5, 0.6) is 0 Å². The number of ether oxygens (including phenoxy) is 1. The van der Waals surface area contributed by atoms with E-state index in [1.54, 1.807) is 0 Å². The fourth-order valence-electron chi connectivity index (χ4n) is 4.75. The first-order valence-electron chi connectivity index (χ1n) is 10.6. The number of esters is 1. The van der Waals surface area contributed by atoms with Gasteiger partial charge < -0.3 is 9.84 Å². The van der Waals surface area contributed by atoms with Crippen molar-refractivity contribution in [3.63, 3.8) is 0 Å². The lowest BCUT2D eigenvalue weighted by Crippen LogP contribution is -2.18. The van der Waals surface area contributed by atoms with Crippen LogP contribution in [0.15, 0.2) is 12.2 Å². The predicted molar refractivity (Wildman–Crippen MR) is 103 cm³/mol. The summed E-state index contributed by atoms with van der Waals surface area (Å²) in [5.41, 5.74) is 0. The Hall–Kier alpha value is -1.16. The third kappa shape index (κ3) is 7.22. The average molecular weight is 365 g/mol. The number of hydrogen-bond acceptors (Lipinski definition) is 4. The maximum absolute atomic E-state index is 12.2. The normalized spacial score (nSPS) is 25.2. The van der Waals surface area contributed by atoms with Crippen LogP contribution in [0.4, 0.5) is 0 Å². The van der Waals surface area contributed by atoms with Crippen molar-refractivity contribution < 1.29 is 19.4 Å². The van der Waals surface area contributed by atoms with E-state index in [1.165, 1.54) is 38.9 Å². The van der Waals surface area contributed by atoms with Crippen molar-refractivity contribution >= 4 is 11.8 Å². The molecule has 0 heterocycles. The molecule has 2 saturated carbocycles. The van der Waals surface area contributed by atoms with Crippen LogP contribution in [0, 0.1) is 17.8 Å². The number of allylic oxidation sites excluding steroid dienone is 1. The predicted octanol–water partition coefficient (Wildman–Crippen LogP) is 4.59. The lowest BCUT2D eigenvalue weighted by Gasteiger charge is -2.21. The number of carbonyl (C=O) groups is 2. The first-order chi connectivity index (χ1) is 12.6. The molecule has 2 aliphatic rings. The van der Waals surface area contributed by atoms with Gasteiger partial charge in [0.05, 0.1) is 13.2 Å². The number of ketones is 1. The molecule has 1 N–H and O–H groups in total. The lowest BCUT2D eigenvalue weighted by molar-refractivity contribution is -0.134. The van der Waals surface area contributed by atoms with Gasteiger partial charge >= 0.3 is 5.97 Å². The van der Waals surface area contributed by atoms with Gasteiger partial charge in [-0.1, -0.05) is 38.2 Å². The molecule has 0 radical (unpaired) electrons. The fraction of sp³-hybridized carbons (Fsp3) is 0.818. The first-order valence-corrected chi connectivity index (χ1v) is 10.6. The van der Waals surface area contributed by atoms with Crippen LogP contribution in [0.3, 0.4) is 0 Å². The summed E-state index contributed by atoms with van der Waals surface area (Å²) in [6.07, 6.45) is 16.7. The van der Waals surface area contributed by atoms with E-state index in [9.17, 15) is 14.7 Å². The summed E-state index contributed by atoms with van der Waals surface area (Å²) in [4.78, 5) is 23.2. The molecule has 0 amide bonds. The Labute approximate surface area is 158 Å². The second-order valence-electron chi connectivity index (χ2n) is 8.20. The van der Waals surface area contributed by atoms with Crippen molar-refractivity contribution in [1.29, 1.82) is 0 Å². The molecule has 3 atom stereocenters. The van der Waals surface area contributed by atoms with Gasteiger partial charge in [-0.3, -0.25) is 4.79 Å². The molecule has 148 valence electrons. The van der Waals surface area contributed by atoms with Crippen LogP contribution in [0.25, 0.3) is 0 Å². The van der Waals surface area contributed by atoms with Gasteiger partial charge in [-0.05, 0) is 56.8 Å². The Morgan fingerprint density at radius 2 is 2.00 bits per heavy atom. The number of aliphatic hydroxyl groups is 1. The molecule has 0 aromatic heterocycles. The Bertz CT molecular complexity index is 465. The Morgan fingerprint density at radius 1 is 1.23 bits per heavy atom. The van der Waals surface area contributed by atoms with Gasteiger partial charge in [0.25, 0.3) is 0 Å². The molecule has 4 heteroatoms. The number of aliphatic hydroxyl groups excluding tert-OH is 1. The third-order valence-electron chi connectivity index (χ3n) is 6.29. The van der Waals surface area contributed by atoms with Crippen LogP contribution in [-0.2, 0) is 14.3 Å². The third-order valence-corrected chi connectivity index (χ3v) is 6.29. The zero-order valence-electron chi connectivity index (χ0n) is 16.3. The summed E-state index contributed by atoms with van der Waals surface area (Å²) in [5.74, 6) is 1.49. The smallest absolute Gasteiger partial charge is 0.330 e. The van der Waals surface area contributed by atoms with E-state index in [-0.39, 0.29) is 18.0 Å². The zero-order chi connectivity index (χ0) is 18.8. The number of hydrogen-bond donors (Lipinski definition) is 1. The summed E-state index contributed by atoms with van der Waals surface area (Å²) in [7, 11) is 1.38. The zero-order valence-corrected chi connectivity index (χ0v) is 16.3. The number of unbranched alkanes of at least 4 members (excludes halogenated alkanes) is 2. The van der Waals surface area contributed by atoms with E-state index < -0.39 is 0 Å². The molecule has 2 rings (SSSR count). The molecule has 1 unspecified atom stereocenters. The number of rotatable bonds is 11. The summed E-state index contributed by atoms with van der Waals surface area (Å²) < 4.78 is 4.56. The van der Waals surface area contributed by atoms with Gasteiger partial charge in [0, 0.05) is 18.4 Å². The molecular weight excluding hydrogens is 328 g/mol. The summed E-state index contributed by atoms with van der Waals surface area (Å²) >= 11 is 0. The standard InChI is InChI=1S/C22H36O4/c1-26-22(25)11-5-3-2-4-10-20-18(13-15-21(20)24)12-14-19(23)16-17-8-6-7-9-17/h5,11,17-20,23H,2-4,6-10,12-16H2,1H3/t18-,19?,20+/m0/s1. The first kappa shape index (κ1) is 21.1. The van der Waals surface area contributed by atoms with E-state index >= 15 is 0 Å². The maximum atomic E-state index is 12.2. The second-order valence-corrected chi connectivity index (χ2v) is 8.20. The van der Waals surface area contributed by atoms with Gasteiger partial charge in [-0.25, -0.2) is 4.79 Å². The van der Waals surface area contributed by atoms with Gasteiger partial charge in [-0.2, -0.15) is 0 Å². The number of Topliss-reactive ketones (excluding diaryl/α,β-unsaturated/α-hetero) is 1. The Balaban J connectivity index is 1.63. The van der Waals surface area contributed by atoms with Gasteiger partial charge in [0.15, 0.2) is 0 Å². The fourth-order valence-corrected chi connectivity index (χ4v) is 4.75. The van der Waals surface area contributed by atoms with E-state index in [0.29, 0.717) is 11.7 Å². The minimum Gasteiger partial charge on any atom is -0.466 e. The minimum absolute atomic E-state index is 0.182. The second kappa shape index (κ2) is 11.5. The molecule has 4 nitrogen and oxygen atoms in total. The Morgan fingerprint density at radius 3 is 2.73 bits per heavy atom. The highest BCUT2D eigenvalue weighted by Crippen LogP contribution is 2.37.